The molecule has 0 aliphatic rings. The molecule has 0 aromatic heterocycles. The Labute approximate surface area is 130 Å². The highest BCUT2D eigenvalue weighted by Gasteiger charge is 2.21. The van der Waals surface area contributed by atoms with Crippen LogP contribution in [-0.4, -0.2) is 11.5 Å². The Bertz CT molecular complexity index is 632. The third-order valence-electron chi connectivity index (χ3n) is 2.57. The molecule has 0 atom stereocenters. The number of anilines is 1. The molecule has 0 bridgehead atoms. The summed E-state index contributed by atoms with van der Waals surface area (Å²) in [5, 5.41) is 14.2. The van der Waals surface area contributed by atoms with Crippen LogP contribution in [-0.2, 0) is 0 Å². The van der Waals surface area contributed by atoms with E-state index >= 15 is 0 Å². The fraction of sp³-hybridized carbons (Fsp3) is 0.143. The molecule has 0 heterocycles. The summed E-state index contributed by atoms with van der Waals surface area (Å²) in [5.74, 6) is 0.809. The van der Waals surface area contributed by atoms with E-state index in [4.69, 9.17) is 4.74 Å². The Hall–Kier alpha value is -1.83. The SMILES string of the molecule is CCNc1cccc(Oc2cccc(I)c2)c1[N+](=O)[O-]. The van der Waals surface area contributed by atoms with Crippen molar-refractivity contribution in [2.24, 2.45) is 0 Å². The van der Waals surface area contributed by atoms with Gasteiger partial charge in [-0.05, 0) is 59.8 Å². The molecule has 0 radical (unpaired) electrons. The number of nitro benzene ring substituents is 1. The van der Waals surface area contributed by atoms with Crippen LogP contribution in [0.2, 0.25) is 0 Å². The molecule has 0 saturated carbocycles. The Morgan fingerprint density at radius 3 is 2.70 bits per heavy atom. The average molecular weight is 384 g/mol. The first-order valence-electron chi connectivity index (χ1n) is 6.06. The number of nitrogens with zero attached hydrogens (tertiary/aromatic N) is 1. The number of hydrogen-bond acceptors (Lipinski definition) is 4. The van der Waals surface area contributed by atoms with E-state index in [9.17, 15) is 10.1 Å². The fourth-order valence-corrected chi connectivity index (χ4v) is 2.30. The van der Waals surface area contributed by atoms with E-state index in [2.05, 4.69) is 27.9 Å². The molecule has 2 aromatic rings. The van der Waals surface area contributed by atoms with Gasteiger partial charge in [0.1, 0.15) is 11.4 Å². The zero-order valence-electron chi connectivity index (χ0n) is 10.8. The number of nitro groups is 1. The topological polar surface area (TPSA) is 64.4 Å². The summed E-state index contributed by atoms with van der Waals surface area (Å²) >= 11 is 2.16. The van der Waals surface area contributed by atoms with E-state index in [0.29, 0.717) is 18.0 Å². The molecule has 6 heteroatoms. The zero-order valence-corrected chi connectivity index (χ0v) is 13.0. The summed E-state index contributed by atoms with van der Waals surface area (Å²) in [6.45, 7) is 2.49. The van der Waals surface area contributed by atoms with Gasteiger partial charge in [-0.25, -0.2) is 0 Å². The van der Waals surface area contributed by atoms with Crippen molar-refractivity contribution in [3.8, 4) is 11.5 Å². The van der Waals surface area contributed by atoms with Crippen LogP contribution >= 0.6 is 22.6 Å². The maximum absolute atomic E-state index is 11.3. The molecule has 20 heavy (non-hydrogen) atoms. The molecule has 2 rings (SSSR count). The van der Waals surface area contributed by atoms with Crippen molar-refractivity contribution in [2.75, 3.05) is 11.9 Å². The number of hydrogen-bond donors (Lipinski definition) is 1. The number of rotatable bonds is 5. The molecule has 0 spiro atoms. The van der Waals surface area contributed by atoms with Crippen molar-refractivity contribution in [1.82, 2.24) is 0 Å². The van der Waals surface area contributed by atoms with Gasteiger partial charge in [0.2, 0.25) is 5.75 Å². The monoisotopic (exact) mass is 384 g/mol. The van der Waals surface area contributed by atoms with Crippen LogP contribution < -0.4 is 10.1 Å². The van der Waals surface area contributed by atoms with Crippen LogP contribution in [0.4, 0.5) is 11.4 Å². The molecule has 0 unspecified atom stereocenters. The minimum absolute atomic E-state index is 0.0480. The Morgan fingerprint density at radius 1 is 1.30 bits per heavy atom. The normalized spacial score (nSPS) is 10.1. The number of benzene rings is 2. The van der Waals surface area contributed by atoms with Crippen LogP contribution in [0.15, 0.2) is 42.5 Å². The predicted molar refractivity (Wildman–Crippen MR) is 86.5 cm³/mol. The highest BCUT2D eigenvalue weighted by Crippen LogP contribution is 2.37. The highest BCUT2D eigenvalue weighted by molar-refractivity contribution is 14.1. The lowest BCUT2D eigenvalue weighted by Gasteiger charge is -2.10. The van der Waals surface area contributed by atoms with Gasteiger partial charge >= 0.3 is 5.69 Å². The van der Waals surface area contributed by atoms with Crippen LogP contribution in [0, 0.1) is 13.7 Å². The second-order valence-corrected chi connectivity index (χ2v) is 5.24. The summed E-state index contributed by atoms with van der Waals surface area (Å²) in [5.41, 5.74) is 0.411. The summed E-state index contributed by atoms with van der Waals surface area (Å²) in [4.78, 5) is 10.8. The van der Waals surface area contributed by atoms with Gasteiger partial charge in [-0.15, -0.1) is 0 Å². The lowest BCUT2D eigenvalue weighted by molar-refractivity contribution is -0.384. The molecule has 0 amide bonds. The molecular formula is C14H13IN2O3. The quantitative estimate of drug-likeness (QED) is 0.471. The summed E-state index contributed by atoms with van der Waals surface area (Å²) < 4.78 is 6.66. The largest absolute Gasteiger partial charge is 0.450 e. The van der Waals surface area contributed by atoms with Gasteiger partial charge in [0, 0.05) is 10.1 Å². The van der Waals surface area contributed by atoms with Crippen LogP contribution in [0.25, 0.3) is 0 Å². The first-order chi connectivity index (χ1) is 9.61. The Morgan fingerprint density at radius 2 is 2.05 bits per heavy atom. The van der Waals surface area contributed by atoms with Gasteiger partial charge in [-0.1, -0.05) is 12.1 Å². The standard InChI is InChI=1S/C14H13IN2O3/c1-2-16-12-7-4-8-13(14(12)17(18)19)20-11-6-3-5-10(15)9-11/h3-9,16H,2H2,1H3. The van der Waals surface area contributed by atoms with Gasteiger partial charge in [0.15, 0.2) is 0 Å². The van der Waals surface area contributed by atoms with Crippen LogP contribution in [0.3, 0.4) is 0 Å². The fourth-order valence-electron chi connectivity index (χ4n) is 1.78. The Balaban J connectivity index is 2.40. The number of ether oxygens (including phenoxy) is 1. The lowest BCUT2D eigenvalue weighted by atomic mass is 10.2. The third kappa shape index (κ3) is 3.38. The molecule has 104 valence electrons. The maximum atomic E-state index is 11.3. The average Bonchev–Trinajstić information content (AvgIpc) is 2.39. The van der Waals surface area contributed by atoms with Gasteiger partial charge in [0.05, 0.1) is 4.92 Å². The highest BCUT2D eigenvalue weighted by atomic mass is 127. The Kier molecular flexibility index (Phi) is 4.78. The summed E-state index contributed by atoms with van der Waals surface area (Å²) in [6.07, 6.45) is 0. The van der Waals surface area contributed by atoms with Crippen molar-refractivity contribution in [1.29, 1.82) is 0 Å². The summed E-state index contributed by atoms with van der Waals surface area (Å²) in [7, 11) is 0. The van der Waals surface area contributed by atoms with E-state index in [1.807, 2.05) is 25.1 Å². The van der Waals surface area contributed by atoms with E-state index in [1.165, 1.54) is 0 Å². The first kappa shape index (κ1) is 14.6. The van der Waals surface area contributed by atoms with E-state index in [0.717, 1.165) is 3.57 Å². The minimum Gasteiger partial charge on any atom is -0.450 e. The predicted octanol–water partition coefficient (Wildman–Crippen LogP) is 4.42. The van der Waals surface area contributed by atoms with E-state index < -0.39 is 4.92 Å². The third-order valence-corrected chi connectivity index (χ3v) is 3.24. The number of halogens is 1. The second kappa shape index (κ2) is 6.56. The lowest BCUT2D eigenvalue weighted by Crippen LogP contribution is -2.02. The molecule has 2 aromatic carbocycles. The van der Waals surface area contributed by atoms with Crippen molar-refractivity contribution in [3.05, 3.63) is 56.1 Å². The van der Waals surface area contributed by atoms with E-state index in [1.54, 1.807) is 24.3 Å². The van der Waals surface area contributed by atoms with Gasteiger partial charge in [-0.3, -0.25) is 10.1 Å². The van der Waals surface area contributed by atoms with E-state index in [-0.39, 0.29) is 11.4 Å². The van der Waals surface area contributed by atoms with Gasteiger partial charge in [0.25, 0.3) is 0 Å². The van der Waals surface area contributed by atoms with Crippen molar-refractivity contribution in [3.63, 3.8) is 0 Å². The molecular weight excluding hydrogens is 371 g/mol. The molecule has 0 aliphatic heterocycles. The first-order valence-corrected chi connectivity index (χ1v) is 7.14. The van der Waals surface area contributed by atoms with Crippen LogP contribution in [0.5, 0.6) is 11.5 Å². The molecule has 0 fully saturated rings. The van der Waals surface area contributed by atoms with Crippen molar-refractivity contribution < 1.29 is 9.66 Å². The molecule has 1 N–H and O–H groups in total. The molecule has 0 saturated heterocycles. The van der Waals surface area contributed by atoms with Crippen LogP contribution in [0.1, 0.15) is 6.92 Å². The maximum Gasteiger partial charge on any atom is 0.334 e. The number of nitrogens with one attached hydrogen (secondary N) is 1. The van der Waals surface area contributed by atoms with Gasteiger partial charge in [-0.2, -0.15) is 0 Å². The minimum atomic E-state index is -0.429. The van der Waals surface area contributed by atoms with Gasteiger partial charge < -0.3 is 10.1 Å². The zero-order chi connectivity index (χ0) is 14.5. The second-order valence-electron chi connectivity index (χ2n) is 4.00. The van der Waals surface area contributed by atoms with Crippen molar-refractivity contribution >= 4 is 34.0 Å². The number of para-hydroxylation sites is 1. The smallest absolute Gasteiger partial charge is 0.334 e. The van der Waals surface area contributed by atoms with Crippen molar-refractivity contribution in [2.45, 2.75) is 6.92 Å². The summed E-state index contributed by atoms with van der Waals surface area (Å²) in [6, 6.07) is 12.4. The molecule has 0 aliphatic carbocycles. The molecule has 5 nitrogen and oxygen atoms in total.